The van der Waals surface area contributed by atoms with E-state index in [2.05, 4.69) is 54.8 Å². The summed E-state index contributed by atoms with van der Waals surface area (Å²) < 4.78 is 26.2. The SMILES string of the molecule is CCCCCC/C=C\CCCCCCCC(=O)OC[C@H](COP(=O)(O)O)OC(=O)CCC/C=C\C/C=C\C/C=C\C/C=C\[C@H](O)CCCC. The Kier molecular flexibility index (Phi) is 32.6. The predicted molar refractivity (Wildman–Crippen MR) is 199 cm³/mol. The highest BCUT2D eigenvalue weighted by atomic mass is 31.2. The molecular weight excluding hydrogens is 643 g/mol. The van der Waals surface area contributed by atoms with E-state index in [1.165, 1.54) is 25.7 Å². The van der Waals surface area contributed by atoms with Gasteiger partial charge in [-0.2, -0.15) is 0 Å². The maximum Gasteiger partial charge on any atom is 0.469 e. The fraction of sp³-hybridized carbons (Fsp3) is 0.692. The smallest absolute Gasteiger partial charge is 0.462 e. The van der Waals surface area contributed by atoms with E-state index < -0.39 is 32.5 Å². The molecule has 0 heterocycles. The highest BCUT2D eigenvalue weighted by Crippen LogP contribution is 2.35. The number of hydrogen-bond donors (Lipinski definition) is 3. The first kappa shape index (κ1) is 46.7. The molecular formula is C39H67O9P. The number of unbranched alkanes of at least 4 members (excludes halogenated alkanes) is 11. The van der Waals surface area contributed by atoms with Crippen molar-refractivity contribution < 1.29 is 43.0 Å². The van der Waals surface area contributed by atoms with Gasteiger partial charge in [0.1, 0.15) is 6.61 Å². The second kappa shape index (κ2) is 34.2. The summed E-state index contributed by atoms with van der Waals surface area (Å²) in [6.45, 7) is 3.44. The molecule has 0 aliphatic rings. The third kappa shape index (κ3) is 36.8. The second-order valence-electron chi connectivity index (χ2n) is 12.4. The van der Waals surface area contributed by atoms with Gasteiger partial charge < -0.3 is 24.4 Å². The highest BCUT2D eigenvalue weighted by Gasteiger charge is 2.22. The van der Waals surface area contributed by atoms with Crippen LogP contribution < -0.4 is 0 Å². The van der Waals surface area contributed by atoms with E-state index in [9.17, 15) is 19.3 Å². The van der Waals surface area contributed by atoms with Gasteiger partial charge >= 0.3 is 19.8 Å². The van der Waals surface area contributed by atoms with Crippen LogP contribution in [0.3, 0.4) is 0 Å². The molecule has 0 aromatic heterocycles. The Morgan fingerprint density at radius 3 is 1.76 bits per heavy atom. The molecule has 0 saturated carbocycles. The van der Waals surface area contributed by atoms with Gasteiger partial charge in [-0.15, -0.1) is 0 Å². The largest absolute Gasteiger partial charge is 0.469 e. The van der Waals surface area contributed by atoms with Crippen molar-refractivity contribution in [3.05, 3.63) is 60.8 Å². The number of phosphoric ester groups is 1. The van der Waals surface area contributed by atoms with Crippen molar-refractivity contribution in [2.45, 2.75) is 161 Å². The van der Waals surface area contributed by atoms with Gasteiger partial charge in [0.15, 0.2) is 6.10 Å². The molecule has 9 nitrogen and oxygen atoms in total. The monoisotopic (exact) mass is 710 g/mol. The number of hydrogen-bond acceptors (Lipinski definition) is 7. The average Bonchev–Trinajstić information content (AvgIpc) is 3.06. The number of esters is 2. The third-order valence-electron chi connectivity index (χ3n) is 7.58. The normalized spacial score (nSPS) is 13.8. The molecule has 3 N–H and O–H groups in total. The predicted octanol–water partition coefficient (Wildman–Crippen LogP) is 9.92. The molecule has 0 amide bonds. The number of phosphoric acid groups is 1. The molecule has 0 aliphatic heterocycles. The summed E-state index contributed by atoms with van der Waals surface area (Å²) in [5.74, 6) is -0.989. The Balaban J connectivity index is 4.14. The van der Waals surface area contributed by atoms with Crippen LogP contribution in [0.15, 0.2) is 60.8 Å². The van der Waals surface area contributed by atoms with E-state index in [1.807, 2.05) is 24.3 Å². The number of carbonyl (C=O) groups is 2. The lowest BCUT2D eigenvalue weighted by Gasteiger charge is -2.18. The third-order valence-corrected chi connectivity index (χ3v) is 8.06. The summed E-state index contributed by atoms with van der Waals surface area (Å²) in [4.78, 5) is 42.6. The van der Waals surface area contributed by atoms with E-state index in [1.54, 1.807) is 0 Å². The number of aliphatic hydroxyl groups excluding tert-OH is 1. The van der Waals surface area contributed by atoms with Crippen molar-refractivity contribution in [3.8, 4) is 0 Å². The zero-order valence-corrected chi connectivity index (χ0v) is 31.3. The molecule has 0 fully saturated rings. The second-order valence-corrected chi connectivity index (χ2v) is 13.6. The van der Waals surface area contributed by atoms with Crippen LogP contribution in [0.2, 0.25) is 0 Å². The van der Waals surface area contributed by atoms with Gasteiger partial charge in [-0.3, -0.25) is 14.1 Å². The van der Waals surface area contributed by atoms with Crippen LogP contribution in [0.5, 0.6) is 0 Å². The first-order valence-corrected chi connectivity index (χ1v) is 20.2. The van der Waals surface area contributed by atoms with Gasteiger partial charge in [-0.05, 0) is 70.6 Å². The summed E-state index contributed by atoms with van der Waals surface area (Å²) in [5.41, 5.74) is 0. The van der Waals surface area contributed by atoms with Gasteiger partial charge in [0.25, 0.3) is 0 Å². The number of rotatable bonds is 33. The fourth-order valence-electron chi connectivity index (χ4n) is 4.73. The van der Waals surface area contributed by atoms with Crippen LogP contribution in [0, 0.1) is 0 Å². The first-order chi connectivity index (χ1) is 23.7. The van der Waals surface area contributed by atoms with Crippen LogP contribution in [0.25, 0.3) is 0 Å². The Morgan fingerprint density at radius 1 is 0.612 bits per heavy atom. The minimum absolute atomic E-state index is 0.115. The zero-order chi connectivity index (χ0) is 36.3. The lowest BCUT2D eigenvalue weighted by atomic mass is 10.1. The highest BCUT2D eigenvalue weighted by molar-refractivity contribution is 7.46. The van der Waals surface area contributed by atoms with E-state index >= 15 is 0 Å². The van der Waals surface area contributed by atoms with Crippen molar-refractivity contribution in [3.63, 3.8) is 0 Å². The molecule has 0 spiro atoms. The molecule has 282 valence electrons. The van der Waals surface area contributed by atoms with Gasteiger partial charge in [0.2, 0.25) is 0 Å². The van der Waals surface area contributed by atoms with Crippen molar-refractivity contribution in [1.82, 2.24) is 0 Å². The lowest BCUT2D eigenvalue weighted by molar-refractivity contribution is -0.161. The summed E-state index contributed by atoms with van der Waals surface area (Å²) in [6, 6.07) is 0. The Morgan fingerprint density at radius 2 is 1.12 bits per heavy atom. The molecule has 0 aromatic carbocycles. The van der Waals surface area contributed by atoms with Gasteiger partial charge in [-0.1, -0.05) is 126 Å². The Hall–Kier alpha value is -2.29. The number of carbonyl (C=O) groups excluding carboxylic acids is 2. The molecule has 0 aliphatic carbocycles. The first-order valence-electron chi connectivity index (χ1n) is 18.7. The number of allylic oxidation sites excluding steroid dienone is 9. The topological polar surface area (TPSA) is 140 Å². The van der Waals surface area contributed by atoms with Gasteiger partial charge in [-0.25, -0.2) is 4.57 Å². The summed E-state index contributed by atoms with van der Waals surface area (Å²) in [6.07, 6.45) is 38.5. The minimum Gasteiger partial charge on any atom is -0.462 e. The van der Waals surface area contributed by atoms with E-state index in [-0.39, 0.29) is 25.6 Å². The molecule has 2 atom stereocenters. The van der Waals surface area contributed by atoms with E-state index in [4.69, 9.17) is 19.3 Å². The zero-order valence-electron chi connectivity index (χ0n) is 30.4. The van der Waals surface area contributed by atoms with Gasteiger partial charge in [0.05, 0.1) is 12.7 Å². The van der Waals surface area contributed by atoms with Crippen molar-refractivity contribution >= 4 is 19.8 Å². The summed E-state index contributed by atoms with van der Waals surface area (Å²) in [7, 11) is -4.78. The van der Waals surface area contributed by atoms with Crippen LogP contribution in [0.1, 0.15) is 149 Å². The quantitative estimate of drug-likeness (QED) is 0.0263. The van der Waals surface area contributed by atoms with Crippen LogP contribution in [-0.4, -0.2) is 52.3 Å². The standard InChI is InChI=1S/C39H67O9P/c1-3-5-7-8-9-10-11-12-16-19-22-25-28-32-38(41)46-34-37(35-47-49(43,44)45)48-39(42)33-29-26-23-20-17-14-13-15-18-21-24-27-31-36(40)30-6-4-2/h10-11,13-14,18,20-21,23,27,31,36-37,40H,3-9,12,15-17,19,22,24-26,28-30,32-35H2,1-2H3,(H2,43,44,45)/b11-10-,14-13-,21-18-,23-20-,31-27-/t36-,37-/m1/s1. The average molecular weight is 711 g/mol. The molecule has 0 bridgehead atoms. The Labute approximate surface area is 297 Å². The summed E-state index contributed by atoms with van der Waals surface area (Å²) >= 11 is 0. The van der Waals surface area contributed by atoms with Crippen LogP contribution in [0.4, 0.5) is 0 Å². The molecule has 49 heavy (non-hydrogen) atoms. The summed E-state index contributed by atoms with van der Waals surface area (Å²) in [5, 5.41) is 9.78. The molecule has 0 saturated heterocycles. The van der Waals surface area contributed by atoms with E-state index in [0.717, 1.165) is 77.0 Å². The maximum atomic E-state index is 12.3. The lowest BCUT2D eigenvalue weighted by Crippen LogP contribution is -2.29. The van der Waals surface area contributed by atoms with Crippen molar-refractivity contribution in [1.29, 1.82) is 0 Å². The number of ether oxygens (including phenoxy) is 2. The van der Waals surface area contributed by atoms with Crippen LogP contribution >= 0.6 is 7.82 Å². The number of aliphatic hydroxyl groups is 1. The molecule has 0 radical (unpaired) electrons. The molecule has 0 aromatic rings. The molecule has 10 heteroatoms. The Bertz CT molecular complexity index is 996. The fourth-order valence-corrected chi connectivity index (χ4v) is 5.09. The minimum atomic E-state index is -4.78. The van der Waals surface area contributed by atoms with Crippen molar-refractivity contribution in [2.24, 2.45) is 0 Å². The van der Waals surface area contributed by atoms with E-state index in [0.29, 0.717) is 19.3 Å². The maximum absolute atomic E-state index is 12.3. The molecule has 0 rings (SSSR count). The van der Waals surface area contributed by atoms with Crippen LogP contribution in [-0.2, 0) is 28.2 Å². The van der Waals surface area contributed by atoms with Gasteiger partial charge in [0, 0.05) is 12.8 Å². The molecule has 0 unspecified atom stereocenters. The van der Waals surface area contributed by atoms with Crippen molar-refractivity contribution in [2.75, 3.05) is 13.2 Å².